The molecule has 0 aromatic carbocycles. The number of nitrogens with zero attached hydrogens (tertiary/aromatic N) is 2. The topological polar surface area (TPSA) is 23.8 Å². The van der Waals surface area contributed by atoms with Crippen molar-refractivity contribution >= 4 is 0 Å². The monoisotopic (exact) mass is 295 g/mol. The van der Waals surface area contributed by atoms with Gasteiger partial charge in [-0.2, -0.15) is 5.26 Å². The summed E-state index contributed by atoms with van der Waals surface area (Å²) in [5.41, 5.74) is 0. The number of unbranched alkanes of at least 4 members (excludes halogenated alkanes) is 11. The molecule has 0 rings (SSSR count). The Kier molecular flexibility index (Phi) is 14.0. The highest BCUT2D eigenvalue weighted by atomic mass is 15.3. The summed E-state index contributed by atoms with van der Waals surface area (Å²) in [7, 11) is 4.67. The highest BCUT2D eigenvalue weighted by Crippen LogP contribution is 2.12. The van der Waals surface area contributed by atoms with Crippen LogP contribution in [0.2, 0.25) is 0 Å². The van der Waals surface area contributed by atoms with Gasteiger partial charge in [-0.1, -0.05) is 58.3 Å². The van der Waals surface area contributed by atoms with Gasteiger partial charge in [0.25, 0.3) is 0 Å². The van der Waals surface area contributed by atoms with E-state index in [2.05, 4.69) is 27.1 Å². The van der Waals surface area contributed by atoms with Crippen LogP contribution < -0.4 is 0 Å². The van der Waals surface area contributed by atoms with E-state index in [-0.39, 0.29) is 0 Å². The van der Waals surface area contributed by atoms with E-state index in [0.717, 1.165) is 17.3 Å². The molecule has 124 valence electrons. The number of rotatable bonds is 15. The third-order valence-electron chi connectivity index (χ3n) is 4.42. The molecule has 0 amide bonds. The number of quaternary nitrogens is 1. The molecule has 0 aliphatic carbocycles. The first kappa shape index (κ1) is 20.5. The average Bonchev–Trinajstić information content (AvgIpc) is 2.45. The van der Waals surface area contributed by atoms with Gasteiger partial charge in [-0.3, -0.25) is 0 Å². The first-order valence-electron chi connectivity index (χ1n) is 9.31. The molecule has 0 aliphatic heterocycles. The zero-order chi connectivity index (χ0) is 15.8. The molecule has 0 aromatic rings. The van der Waals surface area contributed by atoms with Crippen molar-refractivity contribution in [1.82, 2.24) is 0 Å². The van der Waals surface area contributed by atoms with Crippen molar-refractivity contribution < 1.29 is 4.48 Å². The Morgan fingerprint density at radius 2 is 1.10 bits per heavy atom. The van der Waals surface area contributed by atoms with Gasteiger partial charge in [0, 0.05) is 6.42 Å². The van der Waals surface area contributed by atoms with E-state index in [1.807, 2.05) is 0 Å². The van der Waals surface area contributed by atoms with Crippen molar-refractivity contribution in [3.05, 3.63) is 0 Å². The van der Waals surface area contributed by atoms with Gasteiger partial charge < -0.3 is 4.48 Å². The molecule has 0 heterocycles. The maximum Gasteiger partial charge on any atom is 0.0782 e. The third kappa shape index (κ3) is 15.7. The smallest absolute Gasteiger partial charge is 0.0782 e. The molecule has 0 aliphatic rings. The minimum atomic E-state index is 0.720. The van der Waals surface area contributed by atoms with Crippen LogP contribution in [0.15, 0.2) is 0 Å². The Bertz CT molecular complexity index is 253. The Labute approximate surface area is 134 Å². The molecule has 0 saturated heterocycles. The molecular weight excluding hydrogens is 256 g/mol. The van der Waals surface area contributed by atoms with Gasteiger partial charge in [0.15, 0.2) is 0 Å². The molecular formula is C19H39N2+. The molecule has 0 atom stereocenters. The van der Waals surface area contributed by atoms with Crippen LogP contribution in [0.1, 0.15) is 90.4 Å². The second-order valence-electron chi connectivity index (χ2n) is 7.18. The summed E-state index contributed by atoms with van der Waals surface area (Å²) in [6.07, 6.45) is 17.1. The van der Waals surface area contributed by atoms with Gasteiger partial charge >= 0.3 is 0 Å². The van der Waals surface area contributed by atoms with Crippen LogP contribution in [0.25, 0.3) is 0 Å². The minimum Gasteiger partial charge on any atom is -0.328 e. The van der Waals surface area contributed by atoms with Crippen molar-refractivity contribution in [3.8, 4) is 6.07 Å². The first-order valence-corrected chi connectivity index (χ1v) is 9.31. The van der Waals surface area contributed by atoms with E-state index in [9.17, 15) is 0 Å². The van der Waals surface area contributed by atoms with Crippen molar-refractivity contribution in [2.24, 2.45) is 0 Å². The van der Waals surface area contributed by atoms with Crippen LogP contribution in [-0.2, 0) is 0 Å². The summed E-state index contributed by atoms with van der Waals surface area (Å²) in [5.74, 6) is 0. The molecule has 0 aromatic heterocycles. The number of nitriles is 1. The van der Waals surface area contributed by atoms with Gasteiger partial charge in [-0.05, 0) is 25.7 Å². The summed E-state index contributed by atoms with van der Waals surface area (Å²) in [4.78, 5) is 0. The van der Waals surface area contributed by atoms with E-state index in [1.54, 1.807) is 0 Å². The van der Waals surface area contributed by atoms with Crippen LogP contribution in [-0.4, -0.2) is 31.7 Å². The number of hydrogen-bond acceptors (Lipinski definition) is 1. The van der Waals surface area contributed by atoms with Crippen LogP contribution in [0.5, 0.6) is 0 Å². The lowest BCUT2D eigenvalue weighted by atomic mass is 10.1. The largest absolute Gasteiger partial charge is 0.328 e. The molecule has 0 spiro atoms. The normalized spacial score (nSPS) is 11.5. The van der Waals surface area contributed by atoms with Gasteiger partial charge in [-0.25, -0.2) is 0 Å². The molecule has 0 saturated carbocycles. The Hall–Kier alpha value is -0.550. The fourth-order valence-electron chi connectivity index (χ4n) is 2.88. The lowest BCUT2D eigenvalue weighted by Crippen LogP contribution is -2.41. The molecule has 0 radical (unpaired) electrons. The fraction of sp³-hybridized carbons (Fsp3) is 0.947. The maximum atomic E-state index is 8.55. The van der Waals surface area contributed by atoms with Crippen LogP contribution in [0.3, 0.4) is 0 Å². The van der Waals surface area contributed by atoms with Crippen molar-refractivity contribution in [1.29, 1.82) is 5.26 Å². The first-order chi connectivity index (χ1) is 10.1. The molecule has 0 N–H and O–H groups in total. The zero-order valence-corrected chi connectivity index (χ0v) is 15.0. The lowest BCUT2D eigenvalue weighted by molar-refractivity contribution is -0.890. The van der Waals surface area contributed by atoms with E-state index in [1.165, 1.54) is 83.7 Å². The minimum absolute atomic E-state index is 0.720. The van der Waals surface area contributed by atoms with Crippen molar-refractivity contribution in [3.63, 3.8) is 0 Å². The Balaban J connectivity index is 3.30. The standard InChI is InChI=1S/C19H39N2/c1-4-5-6-7-8-9-10-11-12-15-18-21(2,3)19-16-13-14-17-20/h4-16,18-19H2,1-3H3/q+1. The third-order valence-corrected chi connectivity index (χ3v) is 4.42. The molecule has 2 nitrogen and oxygen atoms in total. The molecule has 0 unspecified atom stereocenters. The van der Waals surface area contributed by atoms with Gasteiger partial charge in [0.05, 0.1) is 33.3 Å². The number of hydrogen-bond donors (Lipinski definition) is 0. The molecule has 0 bridgehead atoms. The predicted octanol–water partition coefficient (Wildman–Crippen LogP) is 5.68. The quantitative estimate of drug-likeness (QED) is 0.282. The second-order valence-corrected chi connectivity index (χ2v) is 7.18. The molecule has 21 heavy (non-hydrogen) atoms. The average molecular weight is 296 g/mol. The van der Waals surface area contributed by atoms with E-state index >= 15 is 0 Å². The van der Waals surface area contributed by atoms with Gasteiger partial charge in [0.1, 0.15) is 0 Å². The van der Waals surface area contributed by atoms with E-state index in [0.29, 0.717) is 0 Å². The maximum absolute atomic E-state index is 8.55. The summed E-state index contributed by atoms with van der Waals surface area (Å²) in [5, 5.41) is 8.55. The SMILES string of the molecule is CCCCCCCCCCCC[N+](C)(C)CCCCC#N. The summed E-state index contributed by atoms with van der Waals surface area (Å²) in [6.45, 7) is 4.80. The van der Waals surface area contributed by atoms with Gasteiger partial charge in [-0.15, -0.1) is 0 Å². The highest BCUT2D eigenvalue weighted by molar-refractivity contribution is 4.67. The Morgan fingerprint density at radius 1 is 0.667 bits per heavy atom. The van der Waals surface area contributed by atoms with Crippen molar-refractivity contribution in [2.75, 3.05) is 27.2 Å². The molecule has 2 heteroatoms. The predicted molar refractivity (Wildman–Crippen MR) is 93.2 cm³/mol. The lowest BCUT2D eigenvalue weighted by Gasteiger charge is -2.29. The van der Waals surface area contributed by atoms with E-state index < -0.39 is 0 Å². The van der Waals surface area contributed by atoms with E-state index in [4.69, 9.17) is 5.26 Å². The van der Waals surface area contributed by atoms with Gasteiger partial charge in [0.2, 0.25) is 0 Å². The summed E-state index contributed by atoms with van der Waals surface area (Å²) < 4.78 is 1.13. The summed E-state index contributed by atoms with van der Waals surface area (Å²) >= 11 is 0. The zero-order valence-electron chi connectivity index (χ0n) is 15.0. The second kappa shape index (κ2) is 14.4. The fourth-order valence-corrected chi connectivity index (χ4v) is 2.88. The van der Waals surface area contributed by atoms with Crippen LogP contribution >= 0.6 is 0 Å². The molecule has 0 fully saturated rings. The van der Waals surface area contributed by atoms with Crippen LogP contribution in [0.4, 0.5) is 0 Å². The van der Waals surface area contributed by atoms with Crippen molar-refractivity contribution in [2.45, 2.75) is 90.4 Å². The summed E-state index contributed by atoms with van der Waals surface area (Å²) in [6, 6.07) is 2.23. The van der Waals surface area contributed by atoms with Crippen LogP contribution in [0, 0.1) is 11.3 Å². The highest BCUT2D eigenvalue weighted by Gasteiger charge is 2.13. The Morgan fingerprint density at radius 3 is 1.57 bits per heavy atom.